The number of carbonyl (C=O) groups excluding carboxylic acids is 3. The molecule has 2 rings (SSSR count). The standard InChI is InChI=1S/C20H23N3O3/c1-13(16-7-5-4-6-8-16)12-21-20(26)17-9-18(22-14(2)24)11-19(10-17)23-15(3)25/h4-11,13H,12H2,1-3H3,(H,21,26)(H,22,24)(H,23,25)/t13-/m0/s1. The monoisotopic (exact) mass is 353 g/mol. The van der Waals surface area contributed by atoms with Gasteiger partial charge >= 0.3 is 0 Å². The molecule has 0 bridgehead atoms. The SMILES string of the molecule is CC(=O)Nc1cc(NC(C)=O)cc(C(=O)NC[C@H](C)c2ccccc2)c1. The molecular formula is C20H23N3O3. The molecule has 0 aliphatic rings. The van der Waals surface area contributed by atoms with E-state index >= 15 is 0 Å². The maximum absolute atomic E-state index is 12.5. The molecule has 2 aromatic rings. The predicted molar refractivity (Wildman–Crippen MR) is 102 cm³/mol. The first-order chi connectivity index (χ1) is 12.3. The van der Waals surface area contributed by atoms with Crippen molar-refractivity contribution in [1.82, 2.24) is 5.32 Å². The molecule has 0 radical (unpaired) electrons. The summed E-state index contributed by atoms with van der Waals surface area (Å²) in [6.07, 6.45) is 0. The Labute approximate surface area is 153 Å². The molecule has 3 N–H and O–H groups in total. The van der Waals surface area contributed by atoms with Gasteiger partial charge in [0.25, 0.3) is 5.91 Å². The van der Waals surface area contributed by atoms with Crippen LogP contribution in [-0.2, 0) is 9.59 Å². The number of nitrogens with one attached hydrogen (secondary N) is 3. The zero-order valence-electron chi connectivity index (χ0n) is 15.1. The van der Waals surface area contributed by atoms with Gasteiger partial charge in [0, 0.05) is 37.3 Å². The molecule has 1 atom stereocenters. The van der Waals surface area contributed by atoms with Crippen molar-refractivity contribution in [2.75, 3.05) is 17.2 Å². The number of amides is 3. The zero-order chi connectivity index (χ0) is 19.1. The predicted octanol–water partition coefficient (Wildman–Crippen LogP) is 3.14. The lowest BCUT2D eigenvalue weighted by atomic mass is 10.0. The van der Waals surface area contributed by atoms with Crippen LogP contribution in [0.25, 0.3) is 0 Å². The van der Waals surface area contributed by atoms with E-state index < -0.39 is 0 Å². The number of hydrogen-bond donors (Lipinski definition) is 3. The first-order valence-corrected chi connectivity index (χ1v) is 8.38. The van der Waals surface area contributed by atoms with Crippen molar-refractivity contribution < 1.29 is 14.4 Å². The van der Waals surface area contributed by atoms with Crippen molar-refractivity contribution in [3.63, 3.8) is 0 Å². The molecule has 3 amide bonds. The van der Waals surface area contributed by atoms with E-state index in [1.807, 2.05) is 37.3 Å². The van der Waals surface area contributed by atoms with Gasteiger partial charge in [-0.25, -0.2) is 0 Å². The lowest BCUT2D eigenvalue weighted by molar-refractivity contribution is -0.115. The van der Waals surface area contributed by atoms with E-state index in [0.29, 0.717) is 23.5 Å². The quantitative estimate of drug-likeness (QED) is 0.745. The molecular weight excluding hydrogens is 330 g/mol. The number of hydrogen-bond acceptors (Lipinski definition) is 3. The minimum Gasteiger partial charge on any atom is -0.351 e. The second kappa shape index (κ2) is 8.80. The van der Waals surface area contributed by atoms with E-state index in [4.69, 9.17) is 0 Å². The average molecular weight is 353 g/mol. The molecule has 136 valence electrons. The van der Waals surface area contributed by atoms with Gasteiger partial charge in [-0.1, -0.05) is 37.3 Å². The molecule has 0 spiro atoms. The normalized spacial score (nSPS) is 11.3. The Balaban J connectivity index is 2.13. The zero-order valence-corrected chi connectivity index (χ0v) is 15.1. The summed E-state index contributed by atoms with van der Waals surface area (Å²) in [4.78, 5) is 35.1. The highest BCUT2D eigenvalue weighted by Crippen LogP contribution is 2.20. The van der Waals surface area contributed by atoms with Gasteiger partial charge in [0.15, 0.2) is 0 Å². The van der Waals surface area contributed by atoms with Crippen LogP contribution in [0.4, 0.5) is 11.4 Å². The highest BCUT2D eigenvalue weighted by atomic mass is 16.2. The van der Waals surface area contributed by atoms with E-state index in [2.05, 4.69) is 16.0 Å². The summed E-state index contributed by atoms with van der Waals surface area (Å²) in [5.74, 6) is -0.622. The second-order valence-electron chi connectivity index (χ2n) is 6.18. The summed E-state index contributed by atoms with van der Waals surface area (Å²) in [6, 6.07) is 14.7. The molecule has 2 aromatic carbocycles. The highest BCUT2D eigenvalue weighted by Gasteiger charge is 2.12. The third-order valence-corrected chi connectivity index (χ3v) is 3.77. The van der Waals surface area contributed by atoms with Gasteiger partial charge in [-0.15, -0.1) is 0 Å². The van der Waals surface area contributed by atoms with Gasteiger partial charge < -0.3 is 16.0 Å². The molecule has 0 fully saturated rings. The van der Waals surface area contributed by atoms with Gasteiger partial charge in [0.1, 0.15) is 0 Å². The fourth-order valence-corrected chi connectivity index (χ4v) is 2.56. The molecule has 0 heterocycles. The van der Waals surface area contributed by atoms with Gasteiger partial charge in [-0.3, -0.25) is 14.4 Å². The van der Waals surface area contributed by atoms with E-state index in [0.717, 1.165) is 5.56 Å². The Morgan fingerprint density at radius 1 is 0.885 bits per heavy atom. The summed E-state index contributed by atoms with van der Waals surface area (Å²) in [6.45, 7) is 5.27. The van der Waals surface area contributed by atoms with Gasteiger partial charge in [-0.05, 0) is 29.7 Å². The van der Waals surface area contributed by atoms with Gasteiger partial charge in [0.05, 0.1) is 0 Å². The molecule has 26 heavy (non-hydrogen) atoms. The van der Waals surface area contributed by atoms with Crippen LogP contribution in [0, 0.1) is 0 Å². The van der Waals surface area contributed by atoms with Crippen LogP contribution in [0.5, 0.6) is 0 Å². The summed E-state index contributed by atoms with van der Waals surface area (Å²) < 4.78 is 0. The van der Waals surface area contributed by atoms with Crippen LogP contribution in [0.15, 0.2) is 48.5 Å². The summed E-state index contributed by atoms with van der Waals surface area (Å²) in [5.41, 5.74) is 2.40. The highest BCUT2D eigenvalue weighted by molar-refractivity contribution is 5.99. The summed E-state index contributed by atoms with van der Waals surface area (Å²) >= 11 is 0. The third kappa shape index (κ3) is 5.73. The minimum atomic E-state index is -0.272. The van der Waals surface area contributed by atoms with Crippen LogP contribution in [0.2, 0.25) is 0 Å². The second-order valence-corrected chi connectivity index (χ2v) is 6.18. The molecule has 0 saturated carbocycles. The Bertz CT molecular complexity index is 769. The van der Waals surface area contributed by atoms with Crippen molar-refractivity contribution in [3.8, 4) is 0 Å². The van der Waals surface area contributed by atoms with Crippen molar-refractivity contribution >= 4 is 29.1 Å². The van der Waals surface area contributed by atoms with E-state index in [1.165, 1.54) is 13.8 Å². The molecule has 0 saturated heterocycles. The lowest BCUT2D eigenvalue weighted by Crippen LogP contribution is -2.27. The van der Waals surface area contributed by atoms with Crippen molar-refractivity contribution in [2.45, 2.75) is 26.7 Å². The molecule has 6 heteroatoms. The number of anilines is 2. The first-order valence-electron chi connectivity index (χ1n) is 8.38. The summed E-state index contributed by atoms with van der Waals surface area (Å²) in [7, 11) is 0. The van der Waals surface area contributed by atoms with Crippen molar-refractivity contribution in [3.05, 3.63) is 59.7 Å². The van der Waals surface area contributed by atoms with Crippen LogP contribution in [0.3, 0.4) is 0 Å². The maximum Gasteiger partial charge on any atom is 0.251 e. The van der Waals surface area contributed by atoms with Crippen LogP contribution < -0.4 is 16.0 Å². The Hall–Kier alpha value is -3.15. The maximum atomic E-state index is 12.5. The number of carbonyl (C=O) groups is 3. The smallest absolute Gasteiger partial charge is 0.251 e. The van der Waals surface area contributed by atoms with Gasteiger partial charge in [-0.2, -0.15) is 0 Å². The largest absolute Gasteiger partial charge is 0.351 e. The Morgan fingerprint density at radius 2 is 1.42 bits per heavy atom. The van der Waals surface area contributed by atoms with Crippen molar-refractivity contribution in [2.24, 2.45) is 0 Å². The van der Waals surface area contributed by atoms with E-state index in [9.17, 15) is 14.4 Å². The van der Waals surface area contributed by atoms with Crippen LogP contribution in [-0.4, -0.2) is 24.3 Å². The van der Waals surface area contributed by atoms with Crippen LogP contribution in [0.1, 0.15) is 42.6 Å². The third-order valence-electron chi connectivity index (χ3n) is 3.77. The Morgan fingerprint density at radius 3 is 1.92 bits per heavy atom. The fraction of sp³-hybridized carbons (Fsp3) is 0.250. The molecule has 0 unspecified atom stereocenters. The lowest BCUT2D eigenvalue weighted by Gasteiger charge is -2.14. The van der Waals surface area contributed by atoms with Crippen molar-refractivity contribution in [1.29, 1.82) is 0 Å². The Kier molecular flexibility index (Phi) is 6.49. The van der Waals surface area contributed by atoms with E-state index in [1.54, 1.807) is 18.2 Å². The van der Waals surface area contributed by atoms with Crippen LogP contribution >= 0.6 is 0 Å². The first kappa shape index (κ1) is 19.2. The summed E-state index contributed by atoms with van der Waals surface area (Å²) in [5, 5.41) is 8.16. The topological polar surface area (TPSA) is 87.3 Å². The van der Waals surface area contributed by atoms with E-state index in [-0.39, 0.29) is 23.6 Å². The average Bonchev–Trinajstić information content (AvgIpc) is 2.58. The van der Waals surface area contributed by atoms with Gasteiger partial charge in [0.2, 0.25) is 11.8 Å². The fourth-order valence-electron chi connectivity index (χ4n) is 2.56. The minimum absolute atomic E-state index is 0.161. The molecule has 0 aliphatic heterocycles. The number of rotatable bonds is 6. The number of benzene rings is 2. The molecule has 0 aliphatic carbocycles. The molecule has 6 nitrogen and oxygen atoms in total. The molecule has 0 aromatic heterocycles.